The van der Waals surface area contributed by atoms with E-state index in [9.17, 15) is 9.18 Å². The maximum absolute atomic E-state index is 13.4. The third kappa shape index (κ3) is 3.67. The number of nitrogens with one attached hydrogen (secondary N) is 1. The predicted molar refractivity (Wildman–Crippen MR) is 84.5 cm³/mol. The number of carbonyl (C=O) groups excluding carboxylic acids is 1. The smallest absolute Gasteiger partial charge is 0.252 e. The molecule has 2 rings (SSSR count). The van der Waals surface area contributed by atoms with E-state index < -0.39 is 5.82 Å². The Hall–Kier alpha value is -1.20. The Kier molecular flexibility index (Phi) is 5.31. The molecule has 0 saturated heterocycles. The zero-order valence-corrected chi connectivity index (χ0v) is 13.6. The second-order valence-corrected chi connectivity index (χ2v) is 6.09. The fourth-order valence-corrected chi connectivity index (χ4v) is 2.65. The van der Waals surface area contributed by atoms with Gasteiger partial charge in [-0.05, 0) is 33.6 Å². The Morgan fingerprint density at radius 1 is 1.15 bits per heavy atom. The van der Waals surface area contributed by atoms with Crippen molar-refractivity contribution in [1.82, 2.24) is 5.32 Å². The van der Waals surface area contributed by atoms with Crippen molar-refractivity contribution in [2.24, 2.45) is 0 Å². The lowest BCUT2D eigenvalue weighted by Crippen LogP contribution is -2.27. The van der Waals surface area contributed by atoms with Crippen molar-refractivity contribution in [1.29, 1.82) is 0 Å². The summed E-state index contributed by atoms with van der Waals surface area (Å²) >= 11 is 6.60. The normalized spacial score (nSPS) is 11.9. The minimum Gasteiger partial charge on any atom is -0.351 e. The topological polar surface area (TPSA) is 29.1 Å². The predicted octanol–water partition coefficient (Wildman–Crippen LogP) is 4.45. The van der Waals surface area contributed by atoms with E-state index in [-0.39, 0.29) is 20.8 Å². The highest BCUT2D eigenvalue weighted by atomic mass is 79.9. The van der Waals surface area contributed by atoms with Crippen LogP contribution in [0.5, 0.6) is 0 Å². The third-order valence-corrected chi connectivity index (χ3v) is 4.46. The molecule has 0 saturated carbocycles. The molecule has 0 aromatic heterocycles. The standard InChI is InChI=1S/C15H12Br2FNO/c16-12(10-5-2-1-3-6-10)9-19-15(20)11-7-4-8-13(18)14(11)17/h1-8,12H,9H2,(H,19,20). The summed E-state index contributed by atoms with van der Waals surface area (Å²) in [6, 6.07) is 14.2. The van der Waals surface area contributed by atoms with E-state index in [0.717, 1.165) is 5.56 Å². The summed E-state index contributed by atoms with van der Waals surface area (Å²) in [5, 5.41) is 2.78. The van der Waals surface area contributed by atoms with Gasteiger partial charge in [0.1, 0.15) is 5.82 Å². The van der Waals surface area contributed by atoms with E-state index in [1.165, 1.54) is 12.1 Å². The number of hydrogen-bond donors (Lipinski definition) is 1. The minimum atomic E-state index is -0.448. The van der Waals surface area contributed by atoms with Crippen LogP contribution in [-0.4, -0.2) is 12.5 Å². The van der Waals surface area contributed by atoms with Crippen molar-refractivity contribution in [3.05, 3.63) is 69.9 Å². The van der Waals surface area contributed by atoms with E-state index in [2.05, 4.69) is 37.2 Å². The highest BCUT2D eigenvalue weighted by Crippen LogP contribution is 2.23. The van der Waals surface area contributed by atoms with Gasteiger partial charge in [0.2, 0.25) is 0 Å². The zero-order chi connectivity index (χ0) is 14.5. The minimum absolute atomic E-state index is 0.0139. The Bertz CT molecular complexity index is 604. The van der Waals surface area contributed by atoms with Crippen LogP contribution in [-0.2, 0) is 0 Å². The lowest BCUT2D eigenvalue weighted by atomic mass is 10.1. The fraction of sp³-hybridized carbons (Fsp3) is 0.133. The second-order valence-electron chi connectivity index (χ2n) is 4.19. The molecule has 1 unspecified atom stereocenters. The number of alkyl halides is 1. The molecule has 1 N–H and O–H groups in total. The molecule has 104 valence electrons. The van der Waals surface area contributed by atoms with Crippen molar-refractivity contribution in [3.63, 3.8) is 0 Å². The molecule has 0 fully saturated rings. The van der Waals surface area contributed by atoms with E-state index in [1.54, 1.807) is 6.07 Å². The molecule has 0 aliphatic carbocycles. The number of hydrogen-bond acceptors (Lipinski definition) is 1. The van der Waals surface area contributed by atoms with Crippen molar-refractivity contribution >= 4 is 37.8 Å². The molecule has 2 aromatic rings. The molecular weight excluding hydrogens is 389 g/mol. The maximum Gasteiger partial charge on any atom is 0.252 e. The quantitative estimate of drug-likeness (QED) is 0.754. The molecule has 20 heavy (non-hydrogen) atoms. The molecule has 1 atom stereocenters. The van der Waals surface area contributed by atoms with E-state index in [4.69, 9.17) is 0 Å². The first-order valence-electron chi connectivity index (χ1n) is 6.01. The van der Waals surface area contributed by atoms with E-state index in [0.29, 0.717) is 6.54 Å². The SMILES string of the molecule is O=C(NCC(Br)c1ccccc1)c1cccc(F)c1Br. The van der Waals surface area contributed by atoms with Crippen molar-refractivity contribution in [3.8, 4) is 0 Å². The molecule has 1 amide bonds. The van der Waals surface area contributed by atoms with Crippen LogP contribution >= 0.6 is 31.9 Å². The van der Waals surface area contributed by atoms with E-state index >= 15 is 0 Å². The Morgan fingerprint density at radius 2 is 1.85 bits per heavy atom. The average Bonchev–Trinajstić information content (AvgIpc) is 2.48. The first-order valence-corrected chi connectivity index (χ1v) is 7.71. The number of halogens is 3. The molecule has 2 aromatic carbocycles. The zero-order valence-electron chi connectivity index (χ0n) is 10.4. The van der Waals surface area contributed by atoms with Gasteiger partial charge in [0.15, 0.2) is 0 Å². The van der Waals surface area contributed by atoms with Gasteiger partial charge in [-0.2, -0.15) is 0 Å². The summed E-state index contributed by atoms with van der Waals surface area (Å²) in [5.74, 6) is -0.757. The lowest BCUT2D eigenvalue weighted by molar-refractivity contribution is 0.0952. The summed E-state index contributed by atoms with van der Waals surface area (Å²) in [4.78, 5) is 12.0. The summed E-state index contributed by atoms with van der Waals surface area (Å²) < 4.78 is 13.6. The van der Waals surface area contributed by atoms with Crippen LogP contribution in [0.3, 0.4) is 0 Å². The fourth-order valence-electron chi connectivity index (χ4n) is 1.74. The van der Waals surface area contributed by atoms with Gasteiger partial charge in [0.25, 0.3) is 5.91 Å². The monoisotopic (exact) mass is 399 g/mol. The maximum atomic E-state index is 13.4. The molecule has 0 aliphatic heterocycles. The lowest BCUT2D eigenvalue weighted by Gasteiger charge is -2.12. The number of carbonyl (C=O) groups is 1. The van der Waals surface area contributed by atoms with Crippen LogP contribution in [0.15, 0.2) is 53.0 Å². The van der Waals surface area contributed by atoms with Crippen molar-refractivity contribution < 1.29 is 9.18 Å². The van der Waals surface area contributed by atoms with Gasteiger partial charge in [-0.15, -0.1) is 0 Å². The van der Waals surface area contributed by atoms with Crippen LogP contribution in [0.4, 0.5) is 4.39 Å². The van der Waals surface area contributed by atoms with Gasteiger partial charge < -0.3 is 5.32 Å². The molecule has 0 bridgehead atoms. The number of benzene rings is 2. The summed E-state index contributed by atoms with van der Waals surface area (Å²) in [5.41, 5.74) is 1.36. The second kappa shape index (κ2) is 6.99. The summed E-state index contributed by atoms with van der Waals surface area (Å²) in [6.45, 7) is 0.422. The van der Waals surface area contributed by atoms with Crippen LogP contribution < -0.4 is 5.32 Å². The Labute approximate surface area is 133 Å². The first kappa shape index (κ1) is 15.2. The van der Waals surface area contributed by atoms with Gasteiger partial charge >= 0.3 is 0 Å². The van der Waals surface area contributed by atoms with Crippen molar-refractivity contribution in [2.75, 3.05) is 6.54 Å². The number of amides is 1. The van der Waals surface area contributed by atoms with Gasteiger partial charge in [-0.25, -0.2) is 4.39 Å². The molecule has 2 nitrogen and oxygen atoms in total. The largest absolute Gasteiger partial charge is 0.351 e. The highest BCUT2D eigenvalue weighted by molar-refractivity contribution is 9.10. The molecule has 0 heterocycles. The van der Waals surface area contributed by atoms with Crippen LogP contribution in [0.2, 0.25) is 0 Å². The first-order chi connectivity index (χ1) is 9.59. The Balaban J connectivity index is 2.01. The third-order valence-electron chi connectivity index (χ3n) is 2.80. The number of rotatable bonds is 4. The van der Waals surface area contributed by atoms with E-state index in [1.807, 2.05) is 30.3 Å². The van der Waals surface area contributed by atoms with Crippen LogP contribution in [0.25, 0.3) is 0 Å². The summed E-state index contributed by atoms with van der Waals surface area (Å²) in [6.07, 6.45) is 0. The van der Waals surface area contributed by atoms with Gasteiger partial charge in [-0.3, -0.25) is 4.79 Å². The highest BCUT2D eigenvalue weighted by Gasteiger charge is 2.14. The Morgan fingerprint density at radius 3 is 2.55 bits per heavy atom. The van der Waals surface area contributed by atoms with Crippen LogP contribution in [0.1, 0.15) is 20.7 Å². The molecular formula is C15H12Br2FNO. The molecule has 0 spiro atoms. The van der Waals surface area contributed by atoms with Gasteiger partial charge in [-0.1, -0.05) is 52.3 Å². The molecule has 0 radical (unpaired) electrons. The summed E-state index contributed by atoms with van der Waals surface area (Å²) in [7, 11) is 0. The van der Waals surface area contributed by atoms with Crippen molar-refractivity contribution in [2.45, 2.75) is 4.83 Å². The molecule has 0 aliphatic rings. The average molecular weight is 401 g/mol. The van der Waals surface area contributed by atoms with Crippen LogP contribution in [0, 0.1) is 5.82 Å². The molecule has 5 heteroatoms. The van der Waals surface area contributed by atoms with Gasteiger partial charge in [0, 0.05) is 6.54 Å². The van der Waals surface area contributed by atoms with Gasteiger partial charge in [0.05, 0.1) is 14.9 Å².